The van der Waals surface area contributed by atoms with Crippen molar-refractivity contribution in [2.24, 2.45) is 5.84 Å². The third-order valence-electron chi connectivity index (χ3n) is 3.02. The maximum absolute atomic E-state index is 5.82. The fourth-order valence-electron chi connectivity index (χ4n) is 2.01. The molecule has 0 radical (unpaired) electrons. The van der Waals surface area contributed by atoms with E-state index in [-0.39, 0.29) is 6.04 Å². The van der Waals surface area contributed by atoms with E-state index in [1.165, 1.54) is 10.4 Å². The van der Waals surface area contributed by atoms with Crippen LogP contribution in [0.3, 0.4) is 0 Å². The number of hydrogen-bond donors (Lipinski definition) is 2. The Balaban J connectivity index is 2.36. The number of aryl methyl sites for hydroxylation is 1. The van der Waals surface area contributed by atoms with Crippen LogP contribution in [0.1, 0.15) is 35.4 Å². The molecule has 1 unspecified atom stereocenters. The smallest absolute Gasteiger partial charge is 0.124 e. The van der Waals surface area contributed by atoms with Crippen LogP contribution in [0, 0.1) is 6.92 Å². The van der Waals surface area contributed by atoms with E-state index in [2.05, 4.69) is 47.3 Å². The van der Waals surface area contributed by atoms with Gasteiger partial charge in [-0.05, 0) is 47.0 Å². The Morgan fingerprint density at radius 3 is 2.75 bits per heavy atom. The Morgan fingerprint density at radius 1 is 1.40 bits per heavy atom. The largest absolute Gasteiger partial charge is 0.493 e. The molecule has 0 aliphatic rings. The maximum Gasteiger partial charge on any atom is 0.124 e. The summed E-state index contributed by atoms with van der Waals surface area (Å²) >= 11 is 5.26. The molecule has 20 heavy (non-hydrogen) atoms. The lowest BCUT2D eigenvalue weighted by Crippen LogP contribution is -2.28. The Bertz CT molecular complexity index is 551. The first-order valence-electron chi connectivity index (χ1n) is 6.61. The molecule has 0 bridgehead atoms. The number of halogens is 1. The molecule has 0 spiro atoms. The first-order valence-corrected chi connectivity index (χ1v) is 8.22. The van der Waals surface area contributed by atoms with E-state index in [1.807, 2.05) is 18.2 Å². The van der Waals surface area contributed by atoms with E-state index in [0.717, 1.165) is 21.5 Å². The van der Waals surface area contributed by atoms with Crippen molar-refractivity contribution in [3.63, 3.8) is 0 Å². The van der Waals surface area contributed by atoms with Gasteiger partial charge in [0.15, 0.2) is 0 Å². The van der Waals surface area contributed by atoms with Crippen molar-refractivity contribution < 1.29 is 4.74 Å². The molecule has 5 heteroatoms. The summed E-state index contributed by atoms with van der Waals surface area (Å²) in [7, 11) is 0. The number of hydrogen-bond acceptors (Lipinski definition) is 4. The molecule has 1 heterocycles. The van der Waals surface area contributed by atoms with Crippen LogP contribution in [-0.2, 0) is 0 Å². The fourth-order valence-corrected chi connectivity index (χ4v) is 3.66. The second-order valence-electron chi connectivity index (χ2n) is 4.59. The minimum Gasteiger partial charge on any atom is -0.493 e. The van der Waals surface area contributed by atoms with E-state index in [9.17, 15) is 0 Å². The molecule has 0 aliphatic heterocycles. The Hall–Kier alpha value is -0.880. The molecule has 1 atom stereocenters. The first kappa shape index (κ1) is 15.5. The summed E-state index contributed by atoms with van der Waals surface area (Å²) in [6.07, 6.45) is 0.985. The second-order valence-corrected chi connectivity index (χ2v) is 6.99. The zero-order chi connectivity index (χ0) is 14.5. The van der Waals surface area contributed by atoms with Crippen LogP contribution in [0.5, 0.6) is 5.75 Å². The lowest BCUT2D eigenvalue weighted by molar-refractivity contribution is 0.312. The summed E-state index contributed by atoms with van der Waals surface area (Å²) in [5.74, 6) is 6.67. The number of benzene rings is 1. The highest BCUT2D eigenvalue weighted by Crippen LogP contribution is 2.36. The lowest BCUT2D eigenvalue weighted by atomic mass is 10.0. The van der Waals surface area contributed by atoms with Gasteiger partial charge in [-0.15, -0.1) is 11.3 Å². The van der Waals surface area contributed by atoms with Crippen LogP contribution < -0.4 is 16.0 Å². The number of nitrogens with two attached hydrogens (primary N) is 1. The summed E-state index contributed by atoms with van der Waals surface area (Å²) in [6, 6.07) is 10.1. The highest BCUT2D eigenvalue weighted by molar-refractivity contribution is 9.11. The summed E-state index contributed by atoms with van der Waals surface area (Å²) in [5, 5.41) is 0. The quantitative estimate of drug-likeness (QED) is 0.604. The topological polar surface area (TPSA) is 47.3 Å². The predicted molar refractivity (Wildman–Crippen MR) is 88.2 cm³/mol. The molecule has 0 fully saturated rings. The van der Waals surface area contributed by atoms with Crippen molar-refractivity contribution in [3.8, 4) is 5.75 Å². The minimum absolute atomic E-state index is 0.0574. The van der Waals surface area contributed by atoms with Crippen molar-refractivity contribution in [3.05, 3.63) is 50.1 Å². The molecule has 2 aromatic rings. The highest BCUT2D eigenvalue weighted by Gasteiger charge is 2.19. The van der Waals surface area contributed by atoms with Crippen LogP contribution in [-0.4, -0.2) is 6.61 Å². The summed E-state index contributed by atoms with van der Waals surface area (Å²) in [5.41, 5.74) is 5.19. The normalized spacial score (nSPS) is 12.4. The van der Waals surface area contributed by atoms with Crippen molar-refractivity contribution in [1.82, 2.24) is 5.43 Å². The average Bonchev–Trinajstić information content (AvgIpc) is 2.78. The van der Waals surface area contributed by atoms with Crippen molar-refractivity contribution >= 4 is 27.3 Å². The van der Waals surface area contributed by atoms with Crippen molar-refractivity contribution in [2.45, 2.75) is 26.3 Å². The Kier molecular flexibility index (Phi) is 5.60. The monoisotopic (exact) mass is 354 g/mol. The van der Waals surface area contributed by atoms with E-state index < -0.39 is 0 Å². The molecule has 1 aromatic heterocycles. The summed E-state index contributed by atoms with van der Waals surface area (Å²) in [6.45, 7) is 4.89. The molecule has 0 amide bonds. The number of nitrogens with one attached hydrogen (secondary N) is 1. The SMILES string of the molecule is CCCOc1ccccc1C(NN)c1cc(C)c(Br)s1. The molecule has 1 aromatic carbocycles. The van der Waals surface area contributed by atoms with Gasteiger partial charge in [0.2, 0.25) is 0 Å². The molecular formula is C15H19BrN2OS. The molecule has 0 saturated heterocycles. The highest BCUT2D eigenvalue weighted by atomic mass is 79.9. The van der Waals surface area contributed by atoms with Gasteiger partial charge < -0.3 is 4.74 Å². The molecule has 3 N–H and O–H groups in total. The predicted octanol–water partition coefficient (Wildman–Crippen LogP) is 4.16. The van der Waals surface area contributed by atoms with Gasteiger partial charge >= 0.3 is 0 Å². The van der Waals surface area contributed by atoms with Gasteiger partial charge in [-0.3, -0.25) is 5.84 Å². The van der Waals surface area contributed by atoms with Crippen LogP contribution in [0.2, 0.25) is 0 Å². The molecule has 3 nitrogen and oxygen atoms in total. The van der Waals surface area contributed by atoms with Gasteiger partial charge in [-0.25, -0.2) is 5.43 Å². The van der Waals surface area contributed by atoms with Gasteiger partial charge in [0, 0.05) is 10.4 Å². The number of hydrazine groups is 1. The molecule has 108 valence electrons. The van der Waals surface area contributed by atoms with E-state index >= 15 is 0 Å². The maximum atomic E-state index is 5.82. The molecule has 2 rings (SSSR count). The number of rotatable bonds is 6. The van der Waals surface area contributed by atoms with E-state index in [1.54, 1.807) is 11.3 Å². The third-order valence-corrected chi connectivity index (χ3v) is 5.22. The second kappa shape index (κ2) is 7.22. The number of ether oxygens (including phenoxy) is 1. The van der Waals surface area contributed by atoms with Crippen molar-refractivity contribution in [1.29, 1.82) is 0 Å². The van der Waals surface area contributed by atoms with Crippen molar-refractivity contribution in [2.75, 3.05) is 6.61 Å². The van der Waals surface area contributed by atoms with E-state index in [4.69, 9.17) is 10.6 Å². The first-order chi connectivity index (χ1) is 9.67. The van der Waals surface area contributed by atoms with E-state index in [0.29, 0.717) is 6.61 Å². The summed E-state index contributed by atoms with van der Waals surface area (Å²) in [4.78, 5) is 1.17. The van der Waals surface area contributed by atoms with Crippen LogP contribution in [0.4, 0.5) is 0 Å². The third kappa shape index (κ3) is 3.41. The molecule has 0 aliphatic carbocycles. The Labute approximate surface area is 132 Å². The van der Waals surface area contributed by atoms with Crippen LogP contribution >= 0.6 is 27.3 Å². The summed E-state index contributed by atoms with van der Waals surface area (Å²) < 4.78 is 6.96. The van der Waals surface area contributed by atoms with Gasteiger partial charge in [0.05, 0.1) is 16.4 Å². The van der Waals surface area contributed by atoms with Crippen LogP contribution in [0.15, 0.2) is 34.1 Å². The van der Waals surface area contributed by atoms with Crippen LogP contribution in [0.25, 0.3) is 0 Å². The Morgan fingerprint density at radius 2 is 2.15 bits per heavy atom. The fraction of sp³-hybridized carbons (Fsp3) is 0.333. The van der Waals surface area contributed by atoms with Gasteiger partial charge in [-0.2, -0.15) is 0 Å². The molecule has 0 saturated carbocycles. The van der Waals surface area contributed by atoms with Gasteiger partial charge in [0.1, 0.15) is 5.75 Å². The standard InChI is InChI=1S/C15H19BrN2OS/c1-3-8-19-12-7-5-4-6-11(12)14(18-17)13-9-10(2)15(16)20-13/h4-7,9,14,18H,3,8,17H2,1-2H3. The zero-order valence-corrected chi connectivity index (χ0v) is 14.1. The molecular weight excluding hydrogens is 336 g/mol. The zero-order valence-electron chi connectivity index (χ0n) is 11.7. The average molecular weight is 355 g/mol. The minimum atomic E-state index is -0.0574. The van der Waals surface area contributed by atoms with Gasteiger partial charge in [-0.1, -0.05) is 25.1 Å². The number of para-hydroxylation sites is 1. The van der Waals surface area contributed by atoms with Gasteiger partial charge in [0.25, 0.3) is 0 Å². The number of thiophene rings is 1. The lowest BCUT2D eigenvalue weighted by Gasteiger charge is -2.18.